The van der Waals surface area contributed by atoms with Crippen molar-refractivity contribution in [2.75, 3.05) is 18.0 Å². The maximum absolute atomic E-state index is 13.3. The van der Waals surface area contributed by atoms with Crippen molar-refractivity contribution in [1.29, 1.82) is 0 Å². The van der Waals surface area contributed by atoms with Gasteiger partial charge in [-0.15, -0.1) is 0 Å². The third kappa shape index (κ3) is 5.11. The molecule has 0 aromatic heterocycles. The largest absolute Gasteiger partial charge is 0.497 e. The number of rotatable bonds is 8. The fourth-order valence-electron chi connectivity index (χ4n) is 2.82. The highest BCUT2D eigenvalue weighted by atomic mass is 35.5. The molecule has 8 heteroatoms. The molecular weight excluding hydrogens is 424 g/mol. The molecule has 0 aliphatic rings. The number of nitrogens with zero attached hydrogens (tertiary/aromatic N) is 1. The van der Waals surface area contributed by atoms with Gasteiger partial charge in [-0.05, 0) is 35.9 Å². The molecule has 0 unspecified atom stereocenters. The zero-order valence-corrected chi connectivity index (χ0v) is 17.9. The lowest BCUT2D eigenvalue weighted by Gasteiger charge is -2.24. The van der Waals surface area contributed by atoms with Crippen LogP contribution >= 0.6 is 11.6 Å². The number of anilines is 1. The van der Waals surface area contributed by atoms with Gasteiger partial charge in [0, 0.05) is 17.6 Å². The predicted octanol–water partition coefficient (Wildman–Crippen LogP) is 3.86. The van der Waals surface area contributed by atoms with E-state index in [-0.39, 0.29) is 11.4 Å². The molecule has 3 aromatic carbocycles. The number of hydrogen-bond acceptors (Lipinski definition) is 4. The zero-order valence-electron chi connectivity index (χ0n) is 16.3. The van der Waals surface area contributed by atoms with Crippen molar-refractivity contribution in [1.82, 2.24) is 5.32 Å². The molecule has 0 aliphatic carbocycles. The number of ether oxygens (including phenoxy) is 1. The van der Waals surface area contributed by atoms with Gasteiger partial charge in [-0.3, -0.25) is 9.10 Å². The zero-order chi connectivity index (χ0) is 21.6. The lowest BCUT2D eigenvalue weighted by Crippen LogP contribution is -2.40. The van der Waals surface area contributed by atoms with Crippen LogP contribution in [0, 0.1) is 0 Å². The van der Waals surface area contributed by atoms with Gasteiger partial charge in [-0.25, -0.2) is 8.42 Å². The van der Waals surface area contributed by atoms with Crippen molar-refractivity contribution >= 4 is 33.2 Å². The number of carbonyl (C=O) groups is 1. The van der Waals surface area contributed by atoms with Crippen LogP contribution in [0.3, 0.4) is 0 Å². The van der Waals surface area contributed by atoms with Crippen LogP contribution in [0.5, 0.6) is 5.75 Å². The van der Waals surface area contributed by atoms with E-state index in [2.05, 4.69) is 5.32 Å². The Kier molecular flexibility index (Phi) is 6.97. The normalized spacial score (nSPS) is 11.0. The van der Waals surface area contributed by atoms with Crippen molar-refractivity contribution in [2.45, 2.75) is 11.4 Å². The Morgan fingerprint density at radius 3 is 2.40 bits per heavy atom. The number of sulfonamides is 1. The van der Waals surface area contributed by atoms with Gasteiger partial charge in [-0.2, -0.15) is 0 Å². The van der Waals surface area contributed by atoms with E-state index >= 15 is 0 Å². The van der Waals surface area contributed by atoms with E-state index in [1.54, 1.807) is 60.7 Å². The molecule has 1 N–H and O–H groups in total. The van der Waals surface area contributed by atoms with E-state index in [0.29, 0.717) is 16.5 Å². The molecule has 0 spiro atoms. The van der Waals surface area contributed by atoms with E-state index in [9.17, 15) is 13.2 Å². The number of hydrogen-bond donors (Lipinski definition) is 1. The smallest absolute Gasteiger partial charge is 0.264 e. The van der Waals surface area contributed by atoms with Gasteiger partial charge in [0.15, 0.2) is 0 Å². The molecule has 3 aromatic rings. The predicted molar refractivity (Wildman–Crippen MR) is 117 cm³/mol. The monoisotopic (exact) mass is 444 g/mol. The molecule has 6 nitrogen and oxygen atoms in total. The van der Waals surface area contributed by atoms with Crippen molar-refractivity contribution in [3.05, 3.63) is 89.4 Å². The lowest BCUT2D eigenvalue weighted by atomic mass is 10.2. The number of halogens is 1. The molecular formula is C22H21ClN2O4S. The molecule has 1 amide bonds. The van der Waals surface area contributed by atoms with Crippen molar-refractivity contribution < 1.29 is 17.9 Å². The molecule has 156 valence electrons. The summed E-state index contributed by atoms with van der Waals surface area (Å²) in [6.45, 7) is -0.204. The third-order valence-electron chi connectivity index (χ3n) is 4.39. The van der Waals surface area contributed by atoms with Gasteiger partial charge in [0.05, 0.1) is 17.7 Å². The molecule has 0 bridgehead atoms. The molecule has 0 aliphatic heterocycles. The second-order valence-electron chi connectivity index (χ2n) is 6.39. The number of carbonyl (C=O) groups excluding carboxylic acids is 1. The fraction of sp³-hybridized carbons (Fsp3) is 0.136. The standard InChI is InChI=1S/C22H21ClN2O4S/c1-29-19-10-7-9-18(14-19)25(30(27,28)20-11-3-2-4-12-20)16-22(26)24-15-17-8-5-6-13-21(17)23/h2-14H,15-16H2,1H3,(H,24,26). The van der Waals surface area contributed by atoms with E-state index < -0.39 is 22.5 Å². The first-order chi connectivity index (χ1) is 14.4. The molecule has 3 rings (SSSR count). The summed E-state index contributed by atoms with van der Waals surface area (Å²) in [6.07, 6.45) is 0. The topological polar surface area (TPSA) is 75.7 Å². The highest BCUT2D eigenvalue weighted by molar-refractivity contribution is 7.92. The first-order valence-corrected chi connectivity index (χ1v) is 11.0. The molecule has 30 heavy (non-hydrogen) atoms. The third-order valence-corrected chi connectivity index (χ3v) is 6.55. The van der Waals surface area contributed by atoms with Gasteiger partial charge in [0.2, 0.25) is 5.91 Å². The SMILES string of the molecule is COc1cccc(N(CC(=O)NCc2ccccc2Cl)S(=O)(=O)c2ccccc2)c1. The molecule has 0 heterocycles. The summed E-state index contributed by atoms with van der Waals surface area (Å²) in [7, 11) is -2.48. The number of methoxy groups -OCH3 is 1. The first kappa shape index (κ1) is 21.7. The van der Waals surface area contributed by atoms with E-state index in [0.717, 1.165) is 9.87 Å². The van der Waals surface area contributed by atoms with Crippen LogP contribution in [0.2, 0.25) is 5.02 Å². The van der Waals surface area contributed by atoms with Gasteiger partial charge >= 0.3 is 0 Å². The summed E-state index contributed by atoms with van der Waals surface area (Å²) in [5, 5.41) is 3.26. The van der Waals surface area contributed by atoms with E-state index in [1.165, 1.54) is 19.2 Å². The second-order valence-corrected chi connectivity index (χ2v) is 8.66. The van der Waals surface area contributed by atoms with Gasteiger partial charge < -0.3 is 10.1 Å². The Morgan fingerprint density at radius 1 is 1.00 bits per heavy atom. The fourth-order valence-corrected chi connectivity index (χ4v) is 4.46. The van der Waals surface area contributed by atoms with Crippen LogP contribution in [0.1, 0.15) is 5.56 Å². The van der Waals surface area contributed by atoms with E-state index in [1.807, 2.05) is 6.07 Å². The Balaban J connectivity index is 1.87. The second kappa shape index (κ2) is 9.65. The Bertz CT molecular complexity index is 1120. The number of benzene rings is 3. The van der Waals surface area contributed by atoms with Crippen LogP contribution in [0.4, 0.5) is 5.69 Å². The quantitative estimate of drug-likeness (QED) is 0.572. The average Bonchev–Trinajstić information content (AvgIpc) is 2.77. The van der Waals surface area contributed by atoms with Crippen LogP contribution in [0.15, 0.2) is 83.8 Å². The van der Waals surface area contributed by atoms with Crippen LogP contribution < -0.4 is 14.4 Å². The average molecular weight is 445 g/mol. The summed E-state index contributed by atoms with van der Waals surface area (Å²) >= 11 is 6.12. The summed E-state index contributed by atoms with van der Waals surface area (Å²) in [6, 6.07) is 21.7. The minimum Gasteiger partial charge on any atom is -0.497 e. The summed E-state index contributed by atoms with van der Waals surface area (Å²) in [5.41, 5.74) is 1.07. The van der Waals surface area contributed by atoms with Gasteiger partial charge in [0.1, 0.15) is 12.3 Å². The number of amides is 1. The number of nitrogens with one attached hydrogen (secondary N) is 1. The van der Waals surface area contributed by atoms with Crippen LogP contribution in [-0.2, 0) is 21.4 Å². The van der Waals surface area contributed by atoms with Gasteiger partial charge in [-0.1, -0.05) is 54.1 Å². The van der Waals surface area contributed by atoms with Crippen LogP contribution in [-0.4, -0.2) is 28.0 Å². The van der Waals surface area contributed by atoms with E-state index in [4.69, 9.17) is 16.3 Å². The van der Waals surface area contributed by atoms with Crippen molar-refractivity contribution in [3.8, 4) is 5.75 Å². The first-order valence-electron chi connectivity index (χ1n) is 9.14. The summed E-state index contributed by atoms with van der Waals surface area (Å²) in [4.78, 5) is 12.7. The molecule has 0 fully saturated rings. The van der Waals surface area contributed by atoms with Crippen molar-refractivity contribution in [2.24, 2.45) is 0 Å². The minimum absolute atomic E-state index is 0.0896. The Labute approximate surface area is 181 Å². The maximum Gasteiger partial charge on any atom is 0.264 e. The van der Waals surface area contributed by atoms with Crippen molar-refractivity contribution in [3.63, 3.8) is 0 Å². The molecule has 0 saturated carbocycles. The lowest BCUT2D eigenvalue weighted by molar-refractivity contribution is -0.119. The molecule has 0 atom stereocenters. The minimum atomic E-state index is -3.97. The Morgan fingerprint density at radius 2 is 1.70 bits per heavy atom. The highest BCUT2D eigenvalue weighted by Crippen LogP contribution is 2.26. The maximum atomic E-state index is 13.3. The summed E-state index contributed by atoms with van der Waals surface area (Å²) in [5.74, 6) is 0.0227. The molecule has 0 saturated heterocycles. The summed E-state index contributed by atoms with van der Waals surface area (Å²) < 4.78 is 32.8. The van der Waals surface area contributed by atoms with Gasteiger partial charge in [0.25, 0.3) is 10.0 Å². The van der Waals surface area contributed by atoms with Crippen LogP contribution in [0.25, 0.3) is 0 Å². The molecule has 0 radical (unpaired) electrons. The highest BCUT2D eigenvalue weighted by Gasteiger charge is 2.27. The Hall–Kier alpha value is -3.03.